The quantitative estimate of drug-likeness (QED) is 0.576. The van der Waals surface area contributed by atoms with E-state index in [-0.39, 0.29) is 6.04 Å². The summed E-state index contributed by atoms with van der Waals surface area (Å²) < 4.78 is 5.01. The van der Waals surface area contributed by atoms with Gasteiger partial charge in [-0.15, -0.1) is 11.3 Å². The summed E-state index contributed by atoms with van der Waals surface area (Å²) in [6.45, 7) is 5.38. The zero-order valence-corrected chi connectivity index (χ0v) is 12.1. The van der Waals surface area contributed by atoms with Crippen LogP contribution in [0.3, 0.4) is 0 Å². The number of rotatable bonds is 7. The summed E-state index contributed by atoms with van der Waals surface area (Å²) in [5, 5.41) is 6.33. The molecule has 1 aromatic rings. The molecule has 0 aromatic carbocycles. The molecule has 0 bridgehead atoms. The van der Waals surface area contributed by atoms with Gasteiger partial charge in [-0.3, -0.25) is 4.99 Å². The van der Waals surface area contributed by atoms with Crippen LogP contribution in [0, 0.1) is 0 Å². The minimum atomic E-state index is 0.171. The summed E-state index contributed by atoms with van der Waals surface area (Å²) in [7, 11) is 1.67. The van der Waals surface area contributed by atoms with Crippen LogP contribution in [0.25, 0.3) is 0 Å². The Bertz CT molecular complexity index is 378. The highest BCUT2D eigenvalue weighted by Gasteiger charge is 2.02. The van der Waals surface area contributed by atoms with Gasteiger partial charge in [-0.2, -0.15) is 0 Å². The molecule has 0 saturated carbocycles. The Morgan fingerprint density at radius 1 is 1.67 bits per heavy atom. The molecule has 1 heterocycles. The molecule has 0 aliphatic heterocycles. The van der Waals surface area contributed by atoms with Crippen molar-refractivity contribution in [2.24, 2.45) is 10.7 Å². The molecule has 1 aromatic heterocycles. The molecule has 3 N–H and O–H groups in total. The lowest BCUT2D eigenvalue weighted by Gasteiger charge is -2.12. The first-order valence-electron chi connectivity index (χ1n) is 6.14. The smallest absolute Gasteiger partial charge is 0.188 e. The van der Waals surface area contributed by atoms with Crippen LogP contribution >= 0.6 is 11.3 Å². The highest BCUT2D eigenvalue weighted by Crippen LogP contribution is 2.10. The number of hydrogen-bond acceptors (Lipinski definition) is 4. The number of thiazole rings is 1. The van der Waals surface area contributed by atoms with Gasteiger partial charge in [0, 0.05) is 31.5 Å². The maximum absolute atomic E-state index is 5.77. The zero-order chi connectivity index (χ0) is 13.4. The molecule has 102 valence electrons. The molecule has 0 spiro atoms. The molecular formula is C12H22N4OS. The third-order valence-corrected chi connectivity index (χ3v) is 3.40. The van der Waals surface area contributed by atoms with E-state index in [4.69, 9.17) is 10.5 Å². The summed E-state index contributed by atoms with van der Waals surface area (Å²) in [5.41, 5.74) is 6.86. The Hall–Kier alpha value is -1.14. The molecule has 0 fully saturated rings. The van der Waals surface area contributed by atoms with Gasteiger partial charge in [-0.05, 0) is 13.3 Å². The van der Waals surface area contributed by atoms with Gasteiger partial charge < -0.3 is 15.8 Å². The molecule has 0 amide bonds. The fourth-order valence-electron chi connectivity index (χ4n) is 1.51. The van der Waals surface area contributed by atoms with Crippen molar-refractivity contribution >= 4 is 17.3 Å². The van der Waals surface area contributed by atoms with Gasteiger partial charge in [0.15, 0.2) is 5.96 Å². The minimum absolute atomic E-state index is 0.171. The standard InChI is InChI=1S/C12H22N4OS/c1-4-11-16-10(8-18-11)5-6-14-12(13)15-9(2)7-17-3/h8-9H,4-7H2,1-3H3,(H3,13,14,15). The molecule has 0 saturated heterocycles. The summed E-state index contributed by atoms with van der Waals surface area (Å²) in [6, 6.07) is 0.171. The van der Waals surface area contributed by atoms with Crippen LogP contribution in [0.4, 0.5) is 0 Å². The molecule has 18 heavy (non-hydrogen) atoms. The molecule has 6 heteroatoms. The van der Waals surface area contributed by atoms with Crippen LogP contribution < -0.4 is 11.1 Å². The predicted molar refractivity (Wildman–Crippen MR) is 76.2 cm³/mol. The van der Waals surface area contributed by atoms with Crippen LogP contribution in [0.15, 0.2) is 10.4 Å². The highest BCUT2D eigenvalue weighted by molar-refractivity contribution is 7.09. The third kappa shape index (κ3) is 5.46. The number of guanidine groups is 1. The Labute approximate surface area is 112 Å². The fourth-order valence-corrected chi connectivity index (χ4v) is 2.29. The lowest BCUT2D eigenvalue weighted by molar-refractivity contribution is 0.179. The molecule has 1 atom stereocenters. The first kappa shape index (κ1) is 14.9. The van der Waals surface area contributed by atoms with E-state index >= 15 is 0 Å². The summed E-state index contributed by atoms with van der Waals surface area (Å²) >= 11 is 1.70. The third-order valence-electron chi connectivity index (χ3n) is 2.36. The van der Waals surface area contributed by atoms with Gasteiger partial charge >= 0.3 is 0 Å². The van der Waals surface area contributed by atoms with Crippen molar-refractivity contribution < 1.29 is 4.74 Å². The van der Waals surface area contributed by atoms with Crippen molar-refractivity contribution in [3.05, 3.63) is 16.1 Å². The number of hydrogen-bond donors (Lipinski definition) is 2. The molecule has 1 rings (SSSR count). The Kier molecular flexibility index (Phi) is 6.67. The molecule has 1 unspecified atom stereocenters. The van der Waals surface area contributed by atoms with E-state index in [1.54, 1.807) is 18.4 Å². The van der Waals surface area contributed by atoms with Gasteiger partial charge in [0.1, 0.15) is 0 Å². The first-order chi connectivity index (χ1) is 8.65. The topological polar surface area (TPSA) is 72.5 Å². The van der Waals surface area contributed by atoms with Crippen molar-refractivity contribution in [1.82, 2.24) is 10.3 Å². The number of nitrogens with one attached hydrogen (secondary N) is 1. The van der Waals surface area contributed by atoms with E-state index in [2.05, 4.69) is 27.6 Å². The second-order valence-corrected chi connectivity index (χ2v) is 5.05. The van der Waals surface area contributed by atoms with Gasteiger partial charge in [0.05, 0.1) is 17.3 Å². The van der Waals surface area contributed by atoms with Gasteiger partial charge in [-0.1, -0.05) is 6.92 Å². The number of methoxy groups -OCH3 is 1. The maximum Gasteiger partial charge on any atom is 0.188 e. The number of aromatic nitrogens is 1. The average molecular weight is 270 g/mol. The number of aliphatic imine (C=N–C) groups is 1. The van der Waals surface area contributed by atoms with Gasteiger partial charge in [0.2, 0.25) is 0 Å². The van der Waals surface area contributed by atoms with Crippen LogP contribution in [0.5, 0.6) is 0 Å². The second kappa shape index (κ2) is 8.05. The SMILES string of the molecule is CCc1nc(CCN=C(N)NC(C)COC)cs1. The maximum atomic E-state index is 5.77. The second-order valence-electron chi connectivity index (χ2n) is 4.10. The monoisotopic (exact) mass is 270 g/mol. The van der Waals surface area contributed by atoms with Gasteiger partial charge in [-0.25, -0.2) is 4.98 Å². The van der Waals surface area contributed by atoms with Crippen LogP contribution in [-0.2, 0) is 17.6 Å². The lowest BCUT2D eigenvalue weighted by atomic mass is 10.3. The summed E-state index contributed by atoms with van der Waals surface area (Å²) in [5.74, 6) is 0.463. The van der Waals surface area contributed by atoms with E-state index < -0.39 is 0 Å². The zero-order valence-electron chi connectivity index (χ0n) is 11.3. The highest BCUT2D eigenvalue weighted by atomic mass is 32.1. The molecular weight excluding hydrogens is 248 g/mol. The van der Waals surface area contributed by atoms with Crippen molar-refractivity contribution in [2.45, 2.75) is 32.7 Å². The Morgan fingerprint density at radius 2 is 2.44 bits per heavy atom. The van der Waals surface area contributed by atoms with Crippen molar-refractivity contribution in [3.63, 3.8) is 0 Å². The minimum Gasteiger partial charge on any atom is -0.383 e. The largest absolute Gasteiger partial charge is 0.383 e. The van der Waals surface area contributed by atoms with Crippen molar-refractivity contribution in [1.29, 1.82) is 0 Å². The number of nitrogens with zero attached hydrogens (tertiary/aromatic N) is 2. The number of nitrogens with two attached hydrogens (primary N) is 1. The fraction of sp³-hybridized carbons (Fsp3) is 0.667. The average Bonchev–Trinajstić information content (AvgIpc) is 2.77. The summed E-state index contributed by atoms with van der Waals surface area (Å²) in [6.07, 6.45) is 1.82. The molecule has 5 nitrogen and oxygen atoms in total. The Morgan fingerprint density at radius 3 is 3.06 bits per heavy atom. The molecule has 0 aliphatic rings. The Balaban J connectivity index is 2.30. The van der Waals surface area contributed by atoms with E-state index in [9.17, 15) is 0 Å². The number of ether oxygens (including phenoxy) is 1. The van der Waals surface area contributed by atoms with Crippen LogP contribution in [0.2, 0.25) is 0 Å². The normalized spacial score (nSPS) is 13.6. The van der Waals surface area contributed by atoms with E-state index in [0.29, 0.717) is 19.1 Å². The van der Waals surface area contributed by atoms with E-state index in [0.717, 1.165) is 18.5 Å². The predicted octanol–water partition coefficient (Wildman–Crippen LogP) is 1.19. The van der Waals surface area contributed by atoms with Crippen LogP contribution in [0.1, 0.15) is 24.5 Å². The molecule has 0 radical (unpaired) electrons. The van der Waals surface area contributed by atoms with Gasteiger partial charge in [0.25, 0.3) is 0 Å². The lowest BCUT2D eigenvalue weighted by Crippen LogP contribution is -2.40. The van der Waals surface area contributed by atoms with E-state index in [1.165, 1.54) is 5.01 Å². The van der Waals surface area contributed by atoms with Crippen LogP contribution in [-0.4, -0.2) is 37.2 Å². The number of aryl methyl sites for hydroxylation is 1. The van der Waals surface area contributed by atoms with Crippen molar-refractivity contribution in [2.75, 3.05) is 20.3 Å². The van der Waals surface area contributed by atoms with E-state index in [1.807, 2.05) is 6.92 Å². The van der Waals surface area contributed by atoms with Crippen molar-refractivity contribution in [3.8, 4) is 0 Å². The molecule has 0 aliphatic carbocycles. The first-order valence-corrected chi connectivity index (χ1v) is 7.02. The summed E-state index contributed by atoms with van der Waals surface area (Å²) in [4.78, 5) is 8.75.